The molecule has 6 heteroatoms. The first kappa shape index (κ1) is 21.3. The third kappa shape index (κ3) is 4.01. The van der Waals surface area contributed by atoms with Crippen LogP contribution in [-0.2, 0) is 0 Å². The predicted molar refractivity (Wildman–Crippen MR) is 131 cm³/mol. The third-order valence-corrected chi connectivity index (χ3v) is 6.66. The molecule has 2 aromatic heterocycles. The van der Waals surface area contributed by atoms with Crippen LogP contribution in [0.2, 0.25) is 0 Å². The van der Waals surface area contributed by atoms with Gasteiger partial charge in [-0.1, -0.05) is 31.4 Å². The number of nitrogens with zero attached hydrogens (tertiary/aromatic N) is 3. The molecule has 2 aromatic carbocycles. The summed E-state index contributed by atoms with van der Waals surface area (Å²) in [5, 5.41) is 0.946. The molecular weight excluding hydrogens is 414 g/mol. The molecule has 0 unspecified atom stereocenters. The maximum Gasteiger partial charge on any atom is 0.232 e. The Morgan fingerprint density at radius 1 is 0.818 bits per heavy atom. The molecule has 0 amide bonds. The molecule has 0 aliphatic heterocycles. The zero-order chi connectivity index (χ0) is 22.8. The van der Waals surface area contributed by atoms with Crippen LogP contribution in [0, 0.1) is 0 Å². The number of anilines is 1. The van der Waals surface area contributed by atoms with Crippen LogP contribution in [0.1, 0.15) is 32.1 Å². The van der Waals surface area contributed by atoms with E-state index in [-0.39, 0.29) is 0 Å². The summed E-state index contributed by atoms with van der Waals surface area (Å²) in [5.41, 5.74) is 3.59. The number of hydrogen-bond acceptors (Lipinski definition) is 6. The summed E-state index contributed by atoms with van der Waals surface area (Å²) in [7, 11) is 5.49. The smallest absolute Gasteiger partial charge is 0.232 e. The normalized spacial score (nSPS) is 14.4. The molecule has 6 nitrogen and oxygen atoms in total. The van der Waals surface area contributed by atoms with Gasteiger partial charge < -0.3 is 18.8 Å². The van der Waals surface area contributed by atoms with E-state index in [2.05, 4.69) is 29.1 Å². The molecule has 4 aromatic rings. The fraction of sp³-hybridized carbons (Fsp3) is 0.333. The van der Waals surface area contributed by atoms with E-state index in [4.69, 9.17) is 18.9 Å². The Kier molecular flexibility index (Phi) is 5.90. The van der Waals surface area contributed by atoms with Crippen molar-refractivity contribution in [1.29, 1.82) is 0 Å². The first-order valence-corrected chi connectivity index (χ1v) is 11.5. The van der Waals surface area contributed by atoms with Crippen molar-refractivity contribution in [2.75, 3.05) is 26.2 Å². The molecule has 0 atom stereocenters. The molecular formula is C27H29N3O3. The first-order chi connectivity index (χ1) is 16.2. The molecule has 0 saturated heterocycles. The van der Waals surface area contributed by atoms with Gasteiger partial charge in [0.15, 0.2) is 0 Å². The number of aromatic nitrogens is 2. The van der Waals surface area contributed by atoms with Crippen molar-refractivity contribution >= 4 is 16.9 Å². The zero-order valence-corrected chi connectivity index (χ0v) is 19.4. The maximum atomic E-state index is 6.40. The average Bonchev–Trinajstić information content (AvgIpc) is 3.28. The van der Waals surface area contributed by atoms with Gasteiger partial charge in [0.1, 0.15) is 29.4 Å². The van der Waals surface area contributed by atoms with Gasteiger partial charge in [-0.15, -0.1) is 0 Å². The highest BCUT2D eigenvalue weighted by atomic mass is 16.5. The summed E-state index contributed by atoms with van der Waals surface area (Å²) < 4.78 is 17.1. The highest BCUT2D eigenvalue weighted by Crippen LogP contribution is 2.44. The second kappa shape index (κ2) is 9.14. The number of hydrogen-bond donors (Lipinski definition) is 0. The SMILES string of the molecule is COc1ccc(-c2oc3ncnc(N(C)C4CCCCC4)c3c2-c2ccc(OC)cc2)cc1. The van der Waals surface area contributed by atoms with E-state index in [0.29, 0.717) is 11.8 Å². The Balaban J connectivity index is 1.72. The lowest BCUT2D eigenvalue weighted by molar-refractivity contribution is 0.414. The van der Waals surface area contributed by atoms with Crippen molar-refractivity contribution in [3.63, 3.8) is 0 Å². The van der Waals surface area contributed by atoms with Crippen LogP contribution in [0.25, 0.3) is 33.6 Å². The highest BCUT2D eigenvalue weighted by molar-refractivity contribution is 6.06. The Morgan fingerprint density at radius 2 is 1.42 bits per heavy atom. The van der Waals surface area contributed by atoms with E-state index >= 15 is 0 Å². The molecule has 1 aliphatic carbocycles. The fourth-order valence-electron chi connectivity index (χ4n) is 4.81. The summed E-state index contributed by atoms with van der Waals surface area (Å²) >= 11 is 0. The second-order valence-electron chi connectivity index (χ2n) is 8.54. The Labute approximate surface area is 194 Å². The number of methoxy groups -OCH3 is 2. The van der Waals surface area contributed by atoms with Crippen LogP contribution < -0.4 is 14.4 Å². The van der Waals surface area contributed by atoms with Gasteiger partial charge in [0.05, 0.1) is 19.6 Å². The van der Waals surface area contributed by atoms with E-state index in [0.717, 1.165) is 45.2 Å². The van der Waals surface area contributed by atoms with E-state index in [9.17, 15) is 0 Å². The number of benzene rings is 2. The lowest BCUT2D eigenvalue weighted by Gasteiger charge is -2.32. The van der Waals surface area contributed by atoms with E-state index < -0.39 is 0 Å². The largest absolute Gasteiger partial charge is 0.497 e. The van der Waals surface area contributed by atoms with Crippen molar-refractivity contribution in [3.05, 3.63) is 54.9 Å². The van der Waals surface area contributed by atoms with Gasteiger partial charge >= 0.3 is 0 Å². The minimum absolute atomic E-state index is 0.472. The summed E-state index contributed by atoms with van der Waals surface area (Å²) in [5.74, 6) is 3.31. The summed E-state index contributed by atoms with van der Waals surface area (Å²) in [6.07, 6.45) is 7.81. The van der Waals surface area contributed by atoms with E-state index in [1.165, 1.54) is 32.1 Å². The Bertz CT molecular complexity index is 1230. The van der Waals surface area contributed by atoms with Gasteiger partial charge in [-0.2, -0.15) is 0 Å². The maximum absolute atomic E-state index is 6.40. The number of fused-ring (bicyclic) bond motifs is 1. The van der Waals surface area contributed by atoms with Crippen LogP contribution in [-0.4, -0.2) is 37.3 Å². The molecule has 1 aliphatic rings. The minimum atomic E-state index is 0.472. The second-order valence-corrected chi connectivity index (χ2v) is 8.54. The molecule has 1 fully saturated rings. The highest BCUT2D eigenvalue weighted by Gasteiger charge is 2.27. The van der Waals surface area contributed by atoms with Gasteiger partial charge in [0.2, 0.25) is 5.71 Å². The van der Waals surface area contributed by atoms with Crippen LogP contribution in [0.4, 0.5) is 5.82 Å². The fourth-order valence-corrected chi connectivity index (χ4v) is 4.81. The molecule has 170 valence electrons. The Hall–Kier alpha value is -3.54. The topological polar surface area (TPSA) is 60.6 Å². The van der Waals surface area contributed by atoms with Crippen molar-refractivity contribution in [1.82, 2.24) is 9.97 Å². The lowest BCUT2D eigenvalue weighted by Crippen LogP contribution is -2.34. The summed E-state index contributed by atoms with van der Waals surface area (Å²) in [6.45, 7) is 0. The third-order valence-electron chi connectivity index (χ3n) is 6.66. The number of furan rings is 1. The molecule has 33 heavy (non-hydrogen) atoms. The van der Waals surface area contributed by atoms with Crippen LogP contribution in [0.15, 0.2) is 59.3 Å². The molecule has 5 rings (SSSR count). The first-order valence-electron chi connectivity index (χ1n) is 11.5. The van der Waals surface area contributed by atoms with Crippen LogP contribution in [0.5, 0.6) is 11.5 Å². The van der Waals surface area contributed by atoms with E-state index in [1.807, 2.05) is 36.4 Å². The van der Waals surface area contributed by atoms with Gasteiger partial charge in [0.25, 0.3) is 0 Å². The van der Waals surface area contributed by atoms with Crippen molar-refractivity contribution < 1.29 is 13.9 Å². The molecule has 2 heterocycles. The summed E-state index contributed by atoms with van der Waals surface area (Å²) in [4.78, 5) is 11.6. The molecule has 0 spiro atoms. The minimum Gasteiger partial charge on any atom is -0.497 e. The lowest BCUT2D eigenvalue weighted by atomic mass is 9.94. The van der Waals surface area contributed by atoms with Crippen molar-refractivity contribution in [2.24, 2.45) is 0 Å². The van der Waals surface area contributed by atoms with Crippen LogP contribution in [0.3, 0.4) is 0 Å². The monoisotopic (exact) mass is 443 g/mol. The average molecular weight is 444 g/mol. The molecule has 1 saturated carbocycles. The van der Waals surface area contributed by atoms with Crippen LogP contribution >= 0.6 is 0 Å². The molecule has 0 N–H and O–H groups in total. The molecule has 0 bridgehead atoms. The van der Waals surface area contributed by atoms with Crippen molar-refractivity contribution in [2.45, 2.75) is 38.1 Å². The predicted octanol–water partition coefficient (Wildman–Crippen LogP) is 6.34. The summed E-state index contributed by atoms with van der Waals surface area (Å²) in [6, 6.07) is 16.5. The molecule has 0 radical (unpaired) electrons. The number of ether oxygens (including phenoxy) is 2. The van der Waals surface area contributed by atoms with Gasteiger partial charge in [-0.25, -0.2) is 9.97 Å². The van der Waals surface area contributed by atoms with E-state index in [1.54, 1.807) is 20.5 Å². The Morgan fingerprint density at radius 3 is 2.03 bits per heavy atom. The number of rotatable bonds is 6. The zero-order valence-electron chi connectivity index (χ0n) is 19.4. The standard InChI is InChI=1S/C27H29N3O3/c1-30(20-7-5-4-6-8-20)26-24-23(18-9-13-21(31-2)14-10-18)25(33-27(24)29-17-28-26)19-11-15-22(32-3)16-12-19/h9-17,20H,4-8H2,1-3H3. The quantitative estimate of drug-likeness (QED) is 0.346. The van der Waals surface area contributed by atoms with Crippen molar-refractivity contribution in [3.8, 4) is 33.9 Å². The van der Waals surface area contributed by atoms with Gasteiger partial charge in [0, 0.05) is 24.2 Å². The van der Waals surface area contributed by atoms with Gasteiger partial charge in [-0.3, -0.25) is 0 Å². The van der Waals surface area contributed by atoms with Gasteiger partial charge in [-0.05, 0) is 54.8 Å².